The van der Waals surface area contributed by atoms with Gasteiger partial charge in [0, 0.05) is 11.5 Å². The lowest BCUT2D eigenvalue weighted by Crippen LogP contribution is -2.54. The molecule has 0 amide bonds. The fourth-order valence-corrected chi connectivity index (χ4v) is 5.60. The molecule has 0 aromatic rings. The smallest absolute Gasteiger partial charge is 0.328 e. The predicted molar refractivity (Wildman–Crippen MR) is 95.1 cm³/mol. The molecule has 142 valence electrons. The van der Waals surface area contributed by atoms with E-state index in [2.05, 4.69) is 13.8 Å². The van der Waals surface area contributed by atoms with Crippen LogP contribution in [-0.2, 0) is 9.59 Å². The highest BCUT2D eigenvalue weighted by atomic mass is 16.4. The van der Waals surface area contributed by atoms with Crippen LogP contribution in [0.5, 0.6) is 0 Å². The molecule has 0 aromatic carbocycles. The third-order valence-corrected chi connectivity index (χ3v) is 7.82. The molecular weight excluding hydrogens is 320 g/mol. The lowest BCUT2D eigenvalue weighted by atomic mass is 9.50. The molecule has 2 aliphatic carbocycles. The summed E-state index contributed by atoms with van der Waals surface area (Å²) in [6.07, 6.45) is 5.01. The SMILES string of the molecule is C/C(=C/C(=O)O)CC[C@]1(C)[C@H]2C[C@H](C(=O)O)[C@@](C)(O)[C@]2(C)CC[C@@H]1C. The molecule has 2 aliphatic rings. The summed E-state index contributed by atoms with van der Waals surface area (Å²) in [5.74, 6) is -2.08. The van der Waals surface area contributed by atoms with Crippen molar-refractivity contribution >= 4 is 11.9 Å². The van der Waals surface area contributed by atoms with Gasteiger partial charge in [-0.3, -0.25) is 4.79 Å². The van der Waals surface area contributed by atoms with Crippen molar-refractivity contribution in [2.75, 3.05) is 0 Å². The van der Waals surface area contributed by atoms with Gasteiger partial charge in [0.15, 0.2) is 0 Å². The Bertz CT molecular complexity index is 593. The van der Waals surface area contributed by atoms with Gasteiger partial charge in [0.25, 0.3) is 0 Å². The van der Waals surface area contributed by atoms with Gasteiger partial charge in [0.1, 0.15) is 0 Å². The van der Waals surface area contributed by atoms with Gasteiger partial charge in [-0.05, 0) is 63.2 Å². The van der Waals surface area contributed by atoms with E-state index in [4.69, 9.17) is 5.11 Å². The Hall–Kier alpha value is -1.36. The third-order valence-electron chi connectivity index (χ3n) is 7.82. The van der Waals surface area contributed by atoms with Gasteiger partial charge in [-0.15, -0.1) is 0 Å². The topological polar surface area (TPSA) is 94.8 Å². The first-order chi connectivity index (χ1) is 11.4. The molecular formula is C20H32O5. The molecule has 0 bridgehead atoms. The highest BCUT2D eigenvalue weighted by Gasteiger charge is 2.67. The van der Waals surface area contributed by atoms with Crippen molar-refractivity contribution < 1.29 is 24.9 Å². The lowest BCUT2D eigenvalue weighted by Gasteiger charge is -2.56. The molecule has 0 spiro atoms. The number of hydrogen-bond donors (Lipinski definition) is 3. The number of hydrogen-bond acceptors (Lipinski definition) is 3. The number of rotatable bonds is 5. The van der Waals surface area contributed by atoms with Crippen molar-refractivity contribution in [3.63, 3.8) is 0 Å². The molecule has 0 radical (unpaired) electrons. The van der Waals surface area contributed by atoms with Crippen molar-refractivity contribution in [3.05, 3.63) is 11.6 Å². The molecule has 5 heteroatoms. The first kappa shape index (κ1) is 20.0. The molecule has 0 aromatic heterocycles. The second kappa shape index (κ2) is 6.42. The fourth-order valence-electron chi connectivity index (χ4n) is 5.60. The molecule has 2 saturated carbocycles. The van der Waals surface area contributed by atoms with Crippen LogP contribution in [0.15, 0.2) is 11.6 Å². The highest BCUT2D eigenvalue weighted by molar-refractivity contribution is 5.80. The van der Waals surface area contributed by atoms with E-state index in [0.717, 1.165) is 24.8 Å². The molecule has 0 heterocycles. The summed E-state index contributed by atoms with van der Waals surface area (Å²) < 4.78 is 0. The zero-order valence-electron chi connectivity index (χ0n) is 16.0. The van der Waals surface area contributed by atoms with Gasteiger partial charge in [0.05, 0.1) is 11.5 Å². The molecule has 2 fully saturated rings. The number of fused-ring (bicyclic) bond motifs is 1. The zero-order valence-corrected chi connectivity index (χ0v) is 16.0. The van der Waals surface area contributed by atoms with Crippen LogP contribution in [0.25, 0.3) is 0 Å². The minimum Gasteiger partial charge on any atom is -0.481 e. The van der Waals surface area contributed by atoms with Crippen LogP contribution in [0, 0.1) is 28.6 Å². The summed E-state index contributed by atoms with van der Waals surface area (Å²) in [4.78, 5) is 22.6. The van der Waals surface area contributed by atoms with E-state index in [9.17, 15) is 19.8 Å². The van der Waals surface area contributed by atoms with Crippen LogP contribution < -0.4 is 0 Å². The first-order valence-electron chi connectivity index (χ1n) is 9.21. The van der Waals surface area contributed by atoms with Crippen LogP contribution in [0.4, 0.5) is 0 Å². The van der Waals surface area contributed by atoms with Gasteiger partial charge in [-0.1, -0.05) is 26.3 Å². The van der Waals surface area contributed by atoms with Gasteiger partial charge in [0.2, 0.25) is 0 Å². The fraction of sp³-hybridized carbons (Fsp3) is 0.800. The Morgan fingerprint density at radius 3 is 2.32 bits per heavy atom. The van der Waals surface area contributed by atoms with Gasteiger partial charge in [-0.2, -0.15) is 0 Å². The van der Waals surface area contributed by atoms with Crippen molar-refractivity contribution in [2.24, 2.45) is 28.6 Å². The minimum absolute atomic E-state index is 0.109. The average Bonchev–Trinajstić information content (AvgIpc) is 2.69. The Labute approximate surface area is 150 Å². The Balaban J connectivity index is 2.34. The molecule has 2 rings (SSSR count). The molecule has 0 aliphatic heterocycles. The summed E-state index contributed by atoms with van der Waals surface area (Å²) in [5, 5.41) is 29.7. The van der Waals surface area contributed by atoms with E-state index in [1.165, 1.54) is 6.08 Å². The quantitative estimate of drug-likeness (QED) is 0.656. The molecule has 0 unspecified atom stereocenters. The number of carbonyl (C=O) groups is 2. The molecule has 25 heavy (non-hydrogen) atoms. The van der Waals surface area contributed by atoms with Crippen molar-refractivity contribution in [2.45, 2.75) is 72.3 Å². The van der Waals surface area contributed by atoms with Crippen LogP contribution in [0.1, 0.15) is 66.7 Å². The molecule has 5 nitrogen and oxygen atoms in total. The summed E-state index contributed by atoms with van der Waals surface area (Å²) in [6.45, 7) is 9.98. The lowest BCUT2D eigenvalue weighted by molar-refractivity contribution is -0.161. The monoisotopic (exact) mass is 352 g/mol. The third kappa shape index (κ3) is 3.12. The number of carboxylic acids is 2. The van der Waals surface area contributed by atoms with Crippen LogP contribution in [0.3, 0.4) is 0 Å². The zero-order chi connectivity index (χ0) is 19.2. The Morgan fingerprint density at radius 1 is 1.20 bits per heavy atom. The summed E-state index contributed by atoms with van der Waals surface area (Å²) in [6, 6.07) is 0. The van der Waals surface area contributed by atoms with E-state index in [0.29, 0.717) is 18.8 Å². The molecule has 0 saturated heterocycles. The van der Waals surface area contributed by atoms with Gasteiger partial charge < -0.3 is 15.3 Å². The number of carboxylic acid groups (broad SMARTS) is 2. The van der Waals surface area contributed by atoms with Crippen molar-refractivity contribution in [1.29, 1.82) is 0 Å². The largest absolute Gasteiger partial charge is 0.481 e. The second-order valence-electron chi connectivity index (χ2n) is 9.02. The van der Waals surface area contributed by atoms with Gasteiger partial charge in [-0.25, -0.2) is 4.79 Å². The highest BCUT2D eigenvalue weighted by Crippen LogP contribution is 2.67. The van der Waals surface area contributed by atoms with Crippen molar-refractivity contribution in [3.8, 4) is 0 Å². The normalized spacial score (nSPS) is 44.4. The standard InChI is InChI=1S/C20H32O5/c1-12(10-16(21)22)6-8-18(3)13(2)7-9-19(4)15(18)11-14(17(23)24)20(19,5)25/h10,13-15,25H,6-9,11H2,1-5H3,(H,21,22)(H,23,24)/b12-10-/t13-,14+,15+,18-,19+,20+/m0/s1. The van der Waals surface area contributed by atoms with E-state index in [1.54, 1.807) is 6.92 Å². The maximum atomic E-state index is 11.7. The van der Waals surface area contributed by atoms with E-state index in [1.807, 2.05) is 13.8 Å². The van der Waals surface area contributed by atoms with Crippen LogP contribution in [-0.4, -0.2) is 32.9 Å². The predicted octanol–water partition coefficient (Wildman–Crippen LogP) is 3.71. The van der Waals surface area contributed by atoms with Crippen molar-refractivity contribution in [1.82, 2.24) is 0 Å². The summed E-state index contributed by atoms with van der Waals surface area (Å²) in [5.41, 5.74) is -0.944. The maximum Gasteiger partial charge on any atom is 0.328 e. The van der Waals surface area contributed by atoms with Gasteiger partial charge >= 0.3 is 11.9 Å². The number of aliphatic hydroxyl groups is 1. The summed E-state index contributed by atoms with van der Waals surface area (Å²) in [7, 11) is 0. The van der Waals surface area contributed by atoms with E-state index in [-0.39, 0.29) is 11.3 Å². The molecule has 3 N–H and O–H groups in total. The van der Waals surface area contributed by atoms with Crippen LogP contribution in [0.2, 0.25) is 0 Å². The van der Waals surface area contributed by atoms with E-state index >= 15 is 0 Å². The number of allylic oxidation sites excluding steroid dienone is 1. The second-order valence-corrected chi connectivity index (χ2v) is 9.02. The number of aliphatic carboxylic acids is 2. The summed E-state index contributed by atoms with van der Waals surface area (Å²) >= 11 is 0. The first-order valence-corrected chi connectivity index (χ1v) is 9.21. The average molecular weight is 352 g/mol. The minimum atomic E-state index is -1.23. The van der Waals surface area contributed by atoms with E-state index < -0.39 is 28.9 Å². The molecule has 6 atom stereocenters. The van der Waals surface area contributed by atoms with Crippen LogP contribution >= 0.6 is 0 Å². The maximum absolute atomic E-state index is 11.7. The Morgan fingerprint density at radius 2 is 1.80 bits per heavy atom. The Kier molecular flexibility index (Phi) is 5.12.